The Hall–Kier alpha value is -1.36. The number of rotatable bonds is 3. The summed E-state index contributed by atoms with van der Waals surface area (Å²) in [6, 6.07) is 2.36. The van der Waals surface area contributed by atoms with E-state index in [1.54, 1.807) is 0 Å². The number of anilines is 2. The fraction of sp³-hybridized carbons (Fsp3) is 0.636. The normalized spacial score (nSPS) is 25.1. The molecular formula is C11H19N5. The third-order valence-corrected chi connectivity index (χ3v) is 3.26. The molecule has 0 amide bonds. The zero-order valence-electron chi connectivity index (χ0n) is 9.61. The molecule has 1 aromatic heterocycles. The Bertz CT molecular complexity index is 341. The van der Waals surface area contributed by atoms with E-state index >= 15 is 0 Å². The lowest BCUT2D eigenvalue weighted by Crippen LogP contribution is -2.30. The van der Waals surface area contributed by atoms with E-state index in [9.17, 15) is 0 Å². The van der Waals surface area contributed by atoms with Gasteiger partial charge in [0.1, 0.15) is 18.0 Å². The van der Waals surface area contributed by atoms with Crippen molar-refractivity contribution in [1.29, 1.82) is 0 Å². The van der Waals surface area contributed by atoms with Crippen molar-refractivity contribution in [2.45, 2.75) is 38.6 Å². The highest BCUT2D eigenvalue weighted by Gasteiger charge is 2.21. The molecule has 1 fully saturated rings. The van der Waals surface area contributed by atoms with Crippen LogP contribution in [-0.2, 0) is 0 Å². The highest BCUT2D eigenvalue weighted by atomic mass is 15.3. The van der Waals surface area contributed by atoms with Gasteiger partial charge in [0.05, 0.1) is 0 Å². The molecule has 1 heterocycles. The van der Waals surface area contributed by atoms with Gasteiger partial charge in [-0.05, 0) is 18.8 Å². The average Bonchev–Trinajstić information content (AvgIpc) is 2.32. The summed E-state index contributed by atoms with van der Waals surface area (Å²) >= 11 is 0. The van der Waals surface area contributed by atoms with Crippen LogP contribution in [0.5, 0.6) is 0 Å². The Morgan fingerprint density at radius 2 is 2.00 bits per heavy atom. The number of nitrogens with zero attached hydrogens (tertiary/aromatic N) is 2. The summed E-state index contributed by atoms with van der Waals surface area (Å²) in [5.41, 5.74) is 2.52. The van der Waals surface area contributed by atoms with Crippen LogP contribution in [0.2, 0.25) is 0 Å². The van der Waals surface area contributed by atoms with Crippen LogP contribution in [0.4, 0.5) is 11.6 Å². The fourth-order valence-electron chi connectivity index (χ4n) is 2.24. The Balaban J connectivity index is 2.01. The van der Waals surface area contributed by atoms with Crippen LogP contribution in [0.25, 0.3) is 0 Å². The Morgan fingerprint density at radius 3 is 2.75 bits per heavy atom. The number of hydrogen-bond donors (Lipinski definition) is 3. The van der Waals surface area contributed by atoms with Crippen LogP contribution in [0.15, 0.2) is 12.4 Å². The number of hydrazine groups is 1. The van der Waals surface area contributed by atoms with Crippen molar-refractivity contribution in [2.24, 2.45) is 11.8 Å². The van der Waals surface area contributed by atoms with Crippen molar-refractivity contribution in [3.05, 3.63) is 12.4 Å². The van der Waals surface area contributed by atoms with E-state index in [0.717, 1.165) is 5.82 Å². The molecule has 2 rings (SSSR count). The molecule has 1 aromatic rings. The van der Waals surface area contributed by atoms with Gasteiger partial charge in [-0.2, -0.15) is 0 Å². The topological polar surface area (TPSA) is 75.9 Å². The molecule has 2 atom stereocenters. The van der Waals surface area contributed by atoms with Crippen LogP contribution in [0, 0.1) is 5.92 Å². The van der Waals surface area contributed by atoms with E-state index in [1.165, 1.54) is 32.0 Å². The first-order chi connectivity index (χ1) is 7.79. The first kappa shape index (κ1) is 11.1. The maximum atomic E-state index is 5.31. The molecular weight excluding hydrogens is 202 g/mol. The number of aromatic nitrogens is 2. The molecule has 0 saturated heterocycles. The van der Waals surface area contributed by atoms with Crippen LogP contribution in [-0.4, -0.2) is 16.0 Å². The van der Waals surface area contributed by atoms with Gasteiger partial charge in [-0.3, -0.25) is 0 Å². The summed E-state index contributed by atoms with van der Waals surface area (Å²) in [5.74, 6) is 7.51. The van der Waals surface area contributed by atoms with Crippen molar-refractivity contribution >= 4 is 11.6 Å². The van der Waals surface area contributed by atoms with Gasteiger partial charge < -0.3 is 10.7 Å². The molecule has 88 valence electrons. The average molecular weight is 221 g/mol. The van der Waals surface area contributed by atoms with Crippen molar-refractivity contribution in [3.8, 4) is 0 Å². The highest BCUT2D eigenvalue weighted by Crippen LogP contribution is 2.26. The summed E-state index contributed by atoms with van der Waals surface area (Å²) in [4.78, 5) is 8.18. The third kappa shape index (κ3) is 2.61. The predicted molar refractivity (Wildman–Crippen MR) is 64.9 cm³/mol. The van der Waals surface area contributed by atoms with E-state index in [1.807, 2.05) is 6.07 Å². The minimum atomic E-state index is 0.522. The Labute approximate surface area is 95.8 Å². The second-order valence-electron chi connectivity index (χ2n) is 4.45. The van der Waals surface area contributed by atoms with E-state index in [2.05, 4.69) is 27.6 Å². The molecule has 0 spiro atoms. The Kier molecular flexibility index (Phi) is 3.56. The molecule has 0 bridgehead atoms. The van der Waals surface area contributed by atoms with Crippen molar-refractivity contribution < 1.29 is 0 Å². The summed E-state index contributed by atoms with van der Waals surface area (Å²) in [6.07, 6.45) is 6.68. The maximum Gasteiger partial charge on any atom is 0.145 e. The summed E-state index contributed by atoms with van der Waals surface area (Å²) < 4.78 is 0. The number of hydrogen-bond acceptors (Lipinski definition) is 5. The molecule has 1 aliphatic rings. The lowest BCUT2D eigenvalue weighted by atomic mass is 9.86. The molecule has 2 unspecified atom stereocenters. The first-order valence-corrected chi connectivity index (χ1v) is 5.85. The zero-order chi connectivity index (χ0) is 11.4. The molecule has 4 N–H and O–H groups in total. The van der Waals surface area contributed by atoms with Crippen LogP contribution >= 0.6 is 0 Å². The Morgan fingerprint density at radius 1 is 1.25 bits per heavy atom. The second-order valence-corrected chi connectivity index (χ2v) is 4.45. The molecule has 0 radical (unpaired) electrons. The molecule has 5 nitrogen and oxygen atoms in total. The minimum Gasteiger partial charge on any atom is -0.367 e. The number of nitrogens with two attached hydrogens (primary N) is 1. The highest BCUT2D eigenvalue weighted by molar-refractivity contribution is 5.46. The minimum absolute atomic E-state index is 0.522. The van der Waals surface area contributed by atoms with Gasteiger partial charge in [0, 0.05) is 12.1 Å². The summed E-state index contributed by atoms with van der Waals surface area (Å²) in [6.45, 7) is 2.29. The largest absolute Gasteiger partial charge is 0.367 e. The van der Waals surface area contributed by atoms with Gasteiger partial charge in [-0.1, -0.05) is 19.8 Å². The smallest absolute Gasteiger partial charge is 0.145 e. The maximum absolute atomic E-state index is 5.31. The van der Waals surface area contributed by atoms with Gasteiger partial charge in [0.2, 0.25) is 0 Å². The predicted octanol–water partition coefficient (Wildman–Crippen LogP) is 1.75. The van der Waals surface area contributed by atoms with Gasteiger partial charge in [-0.25, -0.2) is 15.8 Å². The van der Waals surface area contributed by atoms with Crippen molar-refractivity contribution in [1.82, 2.24) is 9.97 Å². The molecule has 5 heteroatoms. The summed E-state index contributed by atoms with van der Waals surface area (Å²) in [7, 11) is 0. The monoisotopic (exact) mass is 221 g/mol. The molecule has 1 saturated carbocycles. The van der Waals surface area contributed by atoms with E-state index in [-0.39, 0.29) is 0 Å². The van der Waals surface area contributed by atoms with E-state index in [0.29, 0.717) is 17.8 Å². The number of nitrogen functional groups attached to an aromatic ring is 1. The van der Waals surface area contributed by atoms with Gasteiger partial charge in [-0.15, -0.1) is 0 Å². The van der Waals surface area contributed by atoms with Crippen LogP contribution in [0.1, 0.15) is 32.6 Å². The second kappa shape index (κ2) is 5.12. The fourth-order valence-corrected chi connectivity index (χ4v) is 2.24. The van der Waals surface area contributed by atoms with Gasteiger partial charge in [0.25, 0.3) is 0 Å². The quantitative estimate of drug-likeness (QED) is 0.535. The zero-order valence-corrected chi connectivity index (χ0v) is 9.61. The van der Waals surface area contributed by atoms with Crippen molar-refractivity contribution in [2.75, 3.05) is 10.7 Å². The SMILES string of the molecule is CC1CCCCC1Nc1cc(NN)ncn1. The van der Waals surface area contributed by atoms with Gasteiger partial charge >= 0.3 is 0 Å². The first-order valence-electron chi connectivity index (χ1n) is 5.85. The van der Waals surface area contributed by atoms with E-state index < -0.39 is 0 Å². The third-order valence-electron chi connectivity index (χ3n) is 3.26. The molecule has 1 aliphatic carbocycles. The standard InChI is InChI=1S/C11H19N5/c1-8-4-2-3-5-9(8)15-10-6-11(16-12)14-7-13-10/h6-9H,2-5,12H2,1H3,(H2,13,14,15,16). The van der Waals surface area contributed by atoms with Crippen LogP contribution < -0.4 is 16.6 Å². The summed E-state index contributed by atoms with van der Waals surface area (Å²) in [5, 5.41) is 3.46. The van der Waals surface area contributed by atoms with Crippen LogP contribution in [0.3, 0.4) is 0 Å². The molecule has 0 aromatic carbocycles. The van der Waals surface area contributed by atoms with E-state index in [4.69, 9.17) is 5.84 Å². The molecule has 0 aliphatic heterocycles. The lowest BCUT2D eigenvalue weighted by Gasteiger charge is -2.29. The number of nitrogens with one attached hydrogen (secondary N) is 2. The van der Waals surface area contributed by atoms with Crippen molar-refractivity contribution in [3.63, 3.8) is 0 Å². The van der Waals surface area contributed by atoms with Gasteiger partial charge in [0.15, 0.2) is 0 Å². The lowest BCUT2D eigenvalue weighted by molar-refractivity contribution is 0.349. The molecule has 16 heavy (non-hydrogen) atoms.